The van der Waals surface area contributed by atoms with E-state index in [-0.39, 0.29) is 49.9 Å². The summed E-state index contributed by atoms with van der Waals surface area (Å²) in [5, 5.41) is 22.0. The number of rotatable bonds is 12. The normalized spacial score (nSPS) is 11.8. The molecule has 3 heterocycles. The van der Waals surface area contributed by atoms with E-state index in [1.54, 1.807) is 26.0 Å². The van der Waals surface area contributed by atoms with Crippen molar-refractivity contribution < 1.29 is 35.5 Å². The van der Waals surface area contributed by atoms with E-state index in [0.29, 0.717) is 53.9 Å². The van der Waals surface area contributed by atoms with Crippen LogP contribution in [0.25, 0.3) is 32.3 Å². The molecule has 0 bridgehead atoms. The first kappa shape index (κ1) is 49.9. The molecule has 0 aliphatic heterocycles. The van der Waals surface area contributed by atoms with Crippen LogP contribution in [0.3, 0.4) is 0 Å². The van der Waals surface area contributed by atoms with E-state index in [2.05, 4.69) is 34.4 Å². The molecule has 3 aromatic heterocycles. The molecule has 0 saturated carbocycles. The van der Waals surface area contributed by atoms with Crippen LogP contribution in [0, 0.1) is 0 Å². The first-order valence-electron chi connectivity index (χ1n) is 17.5. The van der Waals surface area contributed by atoms with Gasteiger partial charge in [-0.3, -0.25) is 0 Å². The number of fused-ring (bicyclic) bond motifs is 3. The second-order valence-electron chi connectivity index (χ2n) is 12.3. The Morgan fingerprint density at radius 1 is 0.565 bits per heavy atom. The number of aliphatic imine (C=N–C) groups is 2. The molecule has 0 atom stereocenters. The van der Waals surface area contributed by atoms with Gasteiger partial charge in [0.2, 0.25) is 30.1 Å². The van der Waals surface area contributed by atoms with Gasteiger partial charge >= 0.3 is 0 Å². The van der Waals surface area contributed by atoms with Crippen LogP contribution >= 0.6 is 46.4 Å². The van der Waals surface area contributed by atoms with E-state index in [0.717, 1.165) is 0 Å². The van der Waals surface area contributed by atoms with Gasteiger partial charge in [-0.25, -0.2) is 54.4 Å². The van der Waals surface area contributed by atoms with Gasteiger partial charge < -0.3 is 33.1 Å². The molecule has 0 radical (unpaired) electrons. The molecule has 0 spiro atoms. The average molecular weight is 993 g/mol. The van der Waals surface area contributed by atoms with Gasteiger partial charge in [0.15, 0.2) is 29.8 Å². The minimum absolute atomic E-state index is 0.0907. The predicted octanol–water partition coefficient (Wildman–Crippen LogP) is 3.31. The van der Waals surface area contributed by atoms with Gasteiger partial charge in [0.05, 0.1) is 36.3 Å². The quantitative estimate of drug-likeness (QED) is 0.0368. The van der Waals surface area contributed by atoms with Crippen LogP contribution in [0.4, 0.5) is 11.6 Å². The maximum Gasteiger partial charge on any atom is 0.240 e. The third-order valence-electron chi connectivity index (χ3n) is 7.87. The molecule has 332 valence electrons. The third-order valence-corrected chi connectivity index (χ3v) is 13.6. The lowest BCUT2D eigenvalue weighted by Crippen LogP contribution is -2.31. The van der Waals surface area contributed by atoms with E-state index in [1.165, 1.54) is 61.1 Å². The Kier molecular flexibility index (Phi) is 17.0. The summed E-state index contributed by atoms with van der Waals surface area (Å²) in [5.41, 5.74) is 21.4. The van der Waals surface area contributed by atoms with Crippen molar-refractivity contribution in [2.75, 3.05) is 19.6 Å². The molecule has 0 fully saturated rings. The lowest BCUT2D eigenvalue weighted by atomic mass is 10.1. The molecule has 0 unspecified atom stereocenters. The third kappa shape index (κ3) is 12.7. The molecule has 0 aliphatic rings. The number of aliphatic hydroxyl groups is 2. The number of halogens is 4. The van der Waals surface area contributed by atoms with Crippen LogP contribution in [-0.4, -0.2) is 88.3 Å². The molecular weight excluding hydrogens is 954 g/mol. The molecule has 13 N–H and O–H groups in total. The minimum atomic E-state index is -3.96. The molecule has 6 aromatic rings. The summed E-state index contributed by atoms with van der Waals surface area (Å²) in [5.74, 6) is -0.0893. The van der Waals surface area contributed by atoms with E-state index in [9.17, 15) is 25.3 Å². The molecule has 0 amide bonds. The molecule has 62 heavy (non-hydrogen) atoms. The van der Waals surface area contributed by atoms with Crippen molar-refractivity contribution in [3.8, 4) is 0 Å². The fourth-order valence-corrected chi connectivity index (χ4v) is 9.28. The Morgan fingerprint density at radius 2 is 0.903 bits per heavy atom. The highest BCUT2D eigenvalue weighted by molar-refractivity contribution is 7.90. The maximum absolute atomic E-state index is 12.1. The van der Waals surface area contributed by atoms with Gasteiger partial charge in [0, 0.05) is 64.0 Å². The zero-order chi connectivity index (χ0) is 46.2. The largest absolute Gasteiger partial charge is 0.370 e. The molecule has 27 heteroatoms. The standard InChI is InChI=1S/C12H14ClN5O4S.C12H14ClN5O2S.C11H10Cl2N2O2S/c13-9-4-16-11(18-12(14)15)8-3-6(1-2-7(8)9)23(21,22)17-5-10(19)20;1-2-17-21(19,20)7-3-4-8-9(5-7)11(18-12(14)15)16-6-10(8)13;1-2-15-18(16,17)7-3-4-8-9(5-7)11(13)14-6-10(8)12/h1-4,10,17,19-20H,5H2,(H4,14,15,16,18);3-6,17H,2H2,1H3,(H4,14,15,16,18);3-6,15H,2H2,1H3. The number of benzene rings is 3. The highest BCUT2D eigenvalue weighted by Crippen LogP contribution is 2.33. The van der Waals surface area contributed by atoms with Crippen molar-refractivity contribution in [3.63, 3.8) is 0 Å². The van der Waals surface area contributed by atoms with Crippen LogP contribution < -0.4 is 37.1 Å². The Morgan fingerprint density at radius 3 is 1.26 bits per heavy atom. The first-order chi connectivity index (χ1) is 29.0. The van der Waals surface area contributed by atoms with Crippen molar-refractivity contribution in [2.24, 2.45) is 32.9 Å². The van der Waals surface area contributed by atoms with Crippen LogP contribution in [0.2, 0.25) is 20.2 Å². The van der Waals surface area contributed by atoms with Crippen molar-refractivity contribution >= 4 is 132 Å². The molecular formula is C35H38Cl4N12O8S3. The van der Waals surface area contributed by atoms with E-state index < -0.39 is 42.9 Å². The topological polar surface area (TPSA) is 346 Å². The number of sulfonamides is 3. The maximum atomic E-state index is 12.1. The summed E-state index contributed by atoms with van der Waals surface area (Å²) in [4.78, 5) is 19.7. The number of hydrogen-bond donors (Lipinski definition) is 9. The van der Waals surface area contributed by atoms with Crippen LogP contribution in [0.15, 0.2) is 97.9 Å². The lowest BCUT2D eigenvalue weighted by molar-refractivity contribution is -0.0336. The number of nitrogens with one attached hydrogen (secondary N) is 3. The predicted molar refractivity (Wildman–Crippen MR) is 241 cm³/mol. The average Bonchev–Trinajstić information content (AvgIpc) is 3.20. The monoisotopic (exact) mass is 990 g/mol. The van der Waals surface area contributed by atoms with Crippen LogP contribution in [0.5, 0.6) is 0 Å². The molecule has 6 rings (SSSR count). The number of nitrogens with two attached hydrogens (primary N) is 4. The molecule has 3 aromatic carbocycles. The van der Waals surface area contributed by atoms with Crippen LogP contribution in [0.1, 0.15) is 13.8 Å². The van der Waals surface area contributed by atoms with Gasteiger partial charge in [0.1, 0.15) is 5.15 Å². The molecule has 0 aliphatic carbocycles. The van der Waals surface area contributed by atoms with Crippen molar-refractivity contribution in [3.05, 3.63) is 93.4 Å². The second-order valence-corrected chi connectivity index (χ2v) is 19.2. The van der Waals surface area contributed by atoms with Gasteiger partial charge in [0.25, 0.3) is 0 Å². The van der Waals surface area contributed by atoms with E-state index >= 15 is 0 Å². The van der Waals surface area contributed by atoms with Gasteiger partial charge in [-0.15, -0.1) is 0 Å². The Balaban J connectivity index is 0.000000206. The number of aromatic nitrogens is 3. The van der Waals surface area contributed by atoms with Crippen molar-refractivity contribution in [1.29, 1.82) is 0 Å². The second kappa shape index (κ2) is 21.1. The van der Waals surface area contributed by atoms with Gasteiger partial charge in [-0.1, -0.05) is 78.5 Å². The fraction of sp³-hybridized carbons (Fsp3) is 0.171. The summed E-state index contributed by atoms with van der Waals surface area (Å²) < 4.78 is 78.9. The number of guanidine groups is 2. The summed E-state index contributed by atoms with van der Waals surface area (Å²) in [6.07, 6.45) is 2.38. The van der Waals surface area contributed by atoms with Gasteiger partial charge in [-0.2, -0.15) is 9.98 Å². The van der Waals surface area contributed by atoms with Crippen molar-refractivity contribution in [1.82, 2.24) is 29.1 Å². The number of aliphatic hydroxyl groups excluding tert-OH is 1. The minimum Gasteiger partial charge on any atom is -0.370 e. The smallest absolute Gasteiger partial charge is 0.240 e. The Hall–Kier alpha value is -4.76. The highest BCUT2D eigenvalue weighted by atomic mass is 35.5. The summed E-state index contributed by atoms with van der Waals surface area (Å²) in [6, 6.07) is 13.2. The highest BCUT2D eigenvalue weighted by Gasteiger charge is 2.19. The number of hydrogen-bond acceptors (Lipinski definition) is 13. The summed E-state index contributed by atoms with van der Waals surface area (Å²) >= 11 is 24.0. The lowest BCUT2D eigenvalue weighted by Gasteiger charge is -2.10. The summed E-state index contributed by atoms with van der Waals surface area (Å²) in [7, 11) is -11.1. The summed E-state index contributed by atoms with van der Waals surface area (Å²) in [6.45, 7) is 3.47. The van der Waals surface area contributed by atoms with Crippen LogP contribution in [-0.2, 0) is 30.1 Å². The molecule has 0 saturated heterocycles. The van der Waals surface area contributed by atoms with Crippen molar-refractivity contribution in [2.45, 2.75) is 34.8 Å². The SMILES string of the molecule is CCNS(=O)(=O)c1ccc2c(Cl)cnc(Cl)c2c1.CCNS(=O)(=O)c1ccc2c(Cl)cnc(N=C(N)N)c2c1.NC(N)=Nc1ncc(Cl)c2ccc(S(=O)(=O)NCC(O)O)cc12. The zero-order valence-corrected chi connectivity index (χ0v) is 37.7. The number of pyridine rings is 3. The first-order valence-corrected chi connectivity index (χ1v) is 23.4. The fourth-order valence-electron chi connectivity index (χ4n) is 5.24. The Labute approximate surface area is 375 Å². The van der Waals surface area contributed by atoms with E-state index in [1.807, 2.05) is 4.72 Å². The Bertz CT molecular complexity index is 3030. The van der Waals surface area contributed by atoms with E-state index in [4.69, 9.17) is 79.6 Å². The zero-order valence-electron chi connectivity index (χ0n) is 32.3. The number of nitrogens with zero attached hydrogens (tertiary/aromatic N) is 5. The molecule has 20 nitrogen and oxygen atoms in total. The van der Waals surface area contributed by atoms with Gasteiger partial charge in [-0.05, 0) is 36.4 Å².